The maximum absolute atomic E-state index is 12.8. The number of rotatable bonds is 5. The Morgan fingerprint density at radius 2 is 2.31 bits per heavy atom. The van der Waals surface area contributed by atoms with Crippen molar-refractivity contribution in [2.75, 3.05) is 0 Å². The van der Waals surface area contributed by atoms with Crippen molar-refractivity contribution in [3.05, 3.63) is 24.0 Å². The van der Waals surface area contributed by atoms with Gasteiger partial charge in [0.2, 0.25) is 0 Å². The SMILES string of the molecule is C=CCC(=N/C=C(/Cl)N=C)C(C)F. The van der Waals surface area contributed by atoms with E-state index >= 15 is 0 Å². The van der Waals surface area contributed by atoms with Crippen LogP contribution in [0.2, 0.25) is 0 Å². The summed E-state index contributed by atoms with van der Waals surface area (Å²) in [5.41, 5.74) is 0.372. The summed E-state index contributed by atoms with van der Waals surface area (Å²) >= 11 is 5.49. The predicted octanol–water partition coefficient (Wildman–Crippen LogP) is 3.10. The second-order valence-electron chi connectivity index (χ2n) is 2.34. The molecule has 0 aliphatic heterocycles. The van der Waals surface area contributed by atoms with Gasteiger partial charge in [-0.25, -0.2) is 4.39 Å². The Morgan fingerprint density at radius 1 is 1.69 bits per heavy atom. The van der Waals surface area contributed by atoms with E-state index in [0.29, 0.717) is 12.1 Å². The van der Waals surface area contributed by atoms with Crippen LogP contribution >= 0.6 is 11.6 Å². The molecule has 0 aromatic carbocycles. The lowest BCUT2D eigenvalue weighted by Crippen LogP contribution is -2.09. The average Bonchev–Trinajstić information content (AvgIpc) is 2.11. The molecule has 0 fully saturated rings. The predicted molar refractivity (Wildman–Crippen MR) is 56.3 cm³/mol. The Kier molecular flexibility index (Phi) is 6.06. The first-order valence-corrected chi connectivity index (χ1v) is 4.13. The van der Waals surface area contributed by atoms with Gasteiger partial charge in [-0.3, -0.25) is 9.98 Å². The lowest BCUT2D eigenvalue weighted by atomic mass is 10.2. The van der Waals surface area contributed by atoms with Gasteiger partial charge in [-0.05, 0) is 13.6 Å². The Labute approximate surface area is 82.5 Å². The van der Waals surface area contributed by atoms with Crippen LogP contribution in [0.5, 0.6) is 0 Å². The second kappa shape index (κ2) is 6.54. The highest BCUT2D eigenvalue weighted by atomic mass is 35.5. The monoisotopic (exact) mass is 202 g/mol. The van der Waals surface area contributed by atoms with Gasteiger partial charge in [0.05, 0.1) is 11.9 Å². The number of halogens is 2. The van der Waals surface area contributed by atoms with Crippen molar-refractivity contribution in [2.45, 2.75) is 19.5 Å². The Morgan fingerprint density at radius 3 is 2.69 bits per heavy atom. The first-order valence-electron chi connectivity index (χ1n) is 3.75. The average molecular weight is 203 g/mol. The second-order valence-corrected chi connectivity index (χ2v) is 2.73. The number of hydrogen-bond acceptors (Lipinski definition) is 2. The maximum Gasteiger partial charge on any atom is 0.146 e. The Bertz CT molecular complexity index is 244. The zero-order valence-corrected chi connectivity index (χ0v) is 8.26. The molecule has 0 saturated heterocycles. The molecule has 0 radical (unpaired) electrons. The molecule has 0 aliphatic carbocycles. The smallest absolute Gasteiger partial charge is 0.146 e. The Balaban J connectivity index is 4.52. The van der Waals surface area contributed by atoms with E-state index in [1.165, 1.54) is 13.1 Å². The Hall–Kier alpha value is -0.960. The molecule has 1 unspecified atom stereocenters. The molecule has 0 amide bonds. The van der Waals surface area contributed by atoms with Crippen molar-refractivity contribution in [1.29, 1.82) is 0 Å². The van der Waals surface area contributed by atoms with Crippen LogP contribution in [0.1, 0.15) is 13.3 Å². The highest BCUT2D eigenvalue weighted by Gasteiger charge is 2.05. The van der Waals surface area contributed by atoms with Gasteiger partial charge in [0, 0.05) is 6.42 Å². The summed E-state index contributed by atoms with van der Waals surface area (Å²) in [6, 6.07) is 0. The van der Waals surface area contributed by atoms with Crippen molar-refractivity contribution < 1.29 is 4.39 Å². The zero-order chi connectivity index (χ0) is 10.3. The molecule has 0 aromatic rings. The molecule has 0 N–H and O–H groups in total. The van der Waals surface area contributed by atoms with Crippen molar-refractivity contribution in [1.82, 2.24) is 0 Å². The molecule has 0 saturated carbocycles. The lowest BCUT2D eigenvalue weighted by Gasteiger charge is -2.01. The van der Waals surface area contributed by atoms with Crippen molar-refractivity contribution in [2.24, 2.45) is 9.98 Å². The molecule has 0 bridgehead atoms. The molecular formula is C9H12ClFN2. The summed E-state index contributed by atoms with van der Waals surface area (Å²) in [7, 11) is 0. The van der Waals surface area contributed by atoms with Crippen molar-refractivity contribution in [3.8, 4) is 0 Å². The third-order valence-corrected chi connectivity index (χ3v) is 1.52. The van der Waals surface area contributed by atoms with Crippen molar-refractivity contribution in [3.63, 3.8) is 0 Å². The van der Waals surface area contributed by atoms with E-state index in [4.69, 9.17) is 11.6 Å². The van der Waals surface area contributed by atoms with E-state index in [2.05, 4.69) is 23.3 Å². The summed E-state index contributed by atoms with van der Waals surface area (Å²) in [4.78, 5) is 7.23. The molecule has 2 nitrogen and oxygen atoms in total. The standard InChI is InChI=1S/C9H12ClFN2/c1-4-5-8(7(2)11)13-6-9(10)12-3/h4,6-7H,1,3,5H2,2H3/b9-6-,13-8?. The maximum atomic E-state index is 12.8. The third kappa shape index (κ3) is 5.31. The van der Waals surface area contributed by atoms with E-state index in [0.717, 1.165) is 0 Å². The fraction of sp³-hybridized carbons (Fsp3) is 0.333. The van der Waals surface area contributed by atoms with Gasteiger partial charge in [-0.2, -0.15) is 0 Å². The zero-order valence-electron chi connectivity index (χ0n) is 7.50. The van der Waals surface area contributed by atoms with Gasteiger partial charge in [0.1, 0.15) is 11.3 Å². The van der Waals surface area contributed by atoms with Gasteiger partial charge >= 0.3 is 0 Å². The van der Waals surface area contributed by atoms with Crippen LogP contribution in [0.15, 0.2) is 34.0 Å². The largest absolute Gasteiger partial charge is 0.259 e. The minimum absolute atomic E-state index is 0.141. The van der Waals surface area contributed by atoms with Crippen LogP contribution in [0, 0.1) is 0 Å². The summed E-state index contributed by atoms with van der Waals surface area (Å²) in [5, 5.41) is 0.141. The highest BCUT2D eigenvalue weighted by Crippen LogP contribution is 2.05. The van der Waals surface area contributed by atoms with E-state index in [1.54, 1.807) is 6.08 Å². The summed E-state index contributed by atoms with van der Waals surface area (Å²) in [6.07, 6.45) is 2.14. The number of allylic oxidation sites excluding steroid dienone is 1. The van der Waals surface area contributed by atoms with Crippen LogP contribution in [0.3, 0.4) is 0 Å². The fourth-order valence-corrected chi connectivity index (χ4v) is 0.691. The lowest BCUT2D eigenvalue weighted by molar-refractivity contribution is 0.451. The molecule has 0 rings (SSSR count). The minimum Gasteiger partial charge on any atom is -0.259 e. The normalized spacial score (nSPS) is 15.3. The summed E-state index contributed by atoms with van der Waals surface area (Å²) in [6.45, 7) is 8.10. The quantitative estimate of drug-likeness (QED) is 0.372. The van der Waals surface area contributed by atoms with Gasteiger partial charge in [0.15, 0.2) is 0 Å². The number of hydrogen-bond donors (Lipinski definition) is 0. The molecule has 13 heavy (non-hydrogen) atoms. The summed E-state index contributed by atoms with van der Waals surface area (Å²) in [5.74, 6) is 0. The first-order chi connectivity index (χ1) is 6.11. The molecule has 1 atom stereocenters. The van der Waals surface area contributed by atoms with E-state index in [1.807, 2.05) is 0 Å². The molecule has 72 valence electrons. The van der Waals surface area contributed by atoms with Crippen LogP contribution < -0.4 is 0 Å². The molecule has 4 heteroatoms. The van der Waals surface area contributed by atoms with Crippen LogP contribution in [-0.4, -0.2) is 18.6 Å². The van der Waals surface area contributed by atoms with Gasteiger partial charge in [-0.1, -0.05) is 17.7 Å². The van der Waals surface area contributed by atoms with E-state index in [9.17, 15) is 4.39 Å². The van der Waals surface area contributed by atoms with Gasteiger partial charge in [0.25, 0.3) is 0 Å². The number of alkyl halides is 1. The number of nitrogens with zero attached hydrogens (tertiary/aromatic N) is 2. The third-order valence-electron chi connectivity index (χ3n) is 1.30. The van der Waals surface area contributed by atoms with Crippen LogP contribution in [0.25, 0.3) is 0 Å². The molecule has 0 spiro atoms. The van der Waals surface area contributed by atoms with Gasteiger partial charge < -0.3 is 0 Å². The highest BCUT2D eigenvalue weighted by molar-refractivity contribution is 6.29. The van der Waals surface area contributed by atoms with Crippen LogP contribution in [0.4, 0.5) is 4.39 Å². The fourth-order valence-electron chi connectivity index (χ4n) is 0.643. The van der Waals surface area contributed by atoms with Crippen LogP contribution in [-0.2, 0) is 0 Å². The molecule has 0 aliphatic rings. The topological polar surface area (TPSA) is 24.7 Å². The van der Waals surface area contributed by atoms with E-state index in [-0.39, 0.29) is 5.16 Å². The number of aliphatic imine (C=N–C) groups is 2. The van der Waals surface area contributed by atoms with Crippen molar-refractivity contribution >= 4 is 24.0 Å². The molecular weight excluding hydrogens is 191 g/mol. The van der Waals surface area contributed by atoms with Gasteiger partial charge in [-0.15, -0.1) is 6.58 Å². The molecule has 0 heterocycles. The minimum atomic E-state index is -1.11. The first kappa shape index (κ1) is 12.0. The summed E-state index contributed by atoms with van der Waals surface area (Å²) < 4.78 is 12.8. The molecule has 0 aromatic heterocycles. The van der Waals surface area contributed by atoms with E-state index < -0.39 is 6.17 Å².